The summed E-state index contributed by atoms with van der Waals surface area (Å²) in [5.74, 6) is 0.659. The lowest BCUT2D eigenvalue weighted by molar-refractivity contribution is -0.119. The number of fused-ring (bicyclic) bond motifs is 4. The molecular weight excluding hydrogens is 348 g/mol. The van der Waals surface area contributed by atoms with Gasteiger partial charge in [-0.25, -0.2) is 4.98 Å². The molecule has 2 aromatic heterocycles. The van der Waals surface area contributed by atoms with Gasteiger partial charge in [-0.05, 0) is 25.3 Å². The normalized spacial score (nSPS) is 24.9. The van der Waals surface area contributed by atoms with Crippen LogP contribution in [0.5, 0.6) is 0 Å². The van der Waals surface area contributed by atoms with Crippen molar-refractivity contribution in [3.63, 3.8) is 0 Å². The first-order valence-electron chi connectivity index (χ1n) is 9.10. The van der Waals surface area contributed by atoms with Crippen molar-refractivity contribution in [2.45, 2.75) is 38.8 Å². The van der Waals surface area contributed by atoms with Crippen molar-refractivity contribution in [2.24, 2.45) is 5.92 Å². The second-order valence-corrected chi connectivity index (χ2v) is 8.47. The highest BCUT2D eigenvalue weighted by molar-refractivity contribution is 7.09. The first-order chi connectivity index (χ1) is 12.5. The number of rotatable bonds is 4. The predicted molar refractivity (Wildman–Crippen MR) is 101 cm³/mol. The largest absolute Gasteiger partial charge is 0.354 e. The molecule has 0 aliphatic carbocycles. The Balaban J connectivity index is 1.63. The van der Waals surface area contributed by atoms with Gasteiger partial charge in [-0.1, -0.05) is 6.07 Å². The van der Waals surface area contributed by atoms with Gasteiger partial charge < -0.3 is 9.88 Å². The second kappa shape index (κ2) is 6.96. The standard InChI is InChI=1S/C19H24N4O2S/c1-12(24)20-7-18-15-6-14(17-4-3-5-19(25)23(17)18)8-22(9-15)10-16-11-26-13(2)21-16/h3-5,11,14-15,18H,6-10H2,1-2H3,(H,20,24)/t14-,15+,18+/m1/s1. The quantitative estimate of drug-likeness (QED) is 0.890. The van der Waals surface area contributed by atoms with Gasteiger partial charge in [-0.15, -0.1) is 11.3 Å². The Kier molecular flexibility index (Phi) is 4.67. The van der Waals surface area contributed by atoms with Crippen LogP contribution in [-0.2, 0) is 11.3 Å². The zero-order chi connectivity index (χ0) is 18.3. The van der Waals surface area contributed by atoms with Crippen molar-refractivity contribution in [1.82, 2.24) is 19.8 Å². The maximum Gasteiger partial charge on any atom is 0.251 e. The number of nitrogens with zero attached hydrogens (tertiary/aromatic N) is 3. The molecule has 1 saturated heterocycles. The van der Waals surface area contributed by atoms with Crippen LogP contribution in [0, 0.1) is 12.8 Å². The van der Waals surface area contributed by atoms with Crippen LogP contribution in [-0.4, -0.2) is 40.0 Å². The summed E-state index contributed by atoms with van der Waals surface area (Å²) in [6.45, 7) is 6.79. The summed E-state index contributed by atoms with van der Waals surface area (Å²) < 4.78 is 1.93. The highest BCUT2D eigenvalue weighted by atomic mass is 32.1. The fourth-order valence-electron chi connectivity index (χ4n) is 4.49. The Hall–Kier alpha value is -1.99. The molecule has 2 aliphatic rings. The maximum absolute atomic E-state index is 12.6. The van der Waals surface area contributed by atoms with E-state index in [4.69, 9.17) is 0 Å². The summed E-state index contributed by atoms with van der Waals surface area (Å²) in [6.07, 6.45) is 1.07. The smallest absolute Gasteiger partial charge is 0.251 e. The number of aromatic nitrogens is 2. The first kappa shape index (κ1) is 17.4. The van der Waals surface area contributed by atoms with Crippen LogP contribution in [0.3, 0.4) is 0 Å². The lowest BCUT2D eigenvalue weighted by atomic mass is 9.78. The maximum atomic E-state index is 12.6. The number of carbonyl (C=O) groups excluding carboxylic acids is 1. The van der Waals surface area contributed by atoms with Crippen molar-refractivity contribution in [2.75, 3.05) is 19.6 Å². The molecule has 3 atom stereocenters. The van der Waals surface area contributed by atoms with E-state index in [1.54, 1.807) is 17.4 Å². The molecule has 0 saturated carbocycles. The molecule has 0 radical (unpaired) electrons. The number of likely N-dealkylation sites (tertiary alicyclic amines) is 1. The summed E-state index contributed by atoms with van der Waals surface area (Å²) >= 11 is 1.69. The van der Waals surface area contributed by atoms with E-state index < -0.39 is 0 Å². The van der Waals surface area contributed by atoms with E-state index in [1.807, 2.05) is 17.6 Å². The van der Waals surface area contributed by atoms with E-state index in [0.717, 1.165) is 42.5 Å². The van der Waals surface area contributed by atoms with E-state index in [-0.39, 0.29) is 17.5 Å². The van der Waals surface area contributed by atoms with Gasteiger partial charge in [0.05, 0.1) is 16.7 Å². The summed E-state index contributed by atoms with van der Waals surface area (Å²) in [5.41, 5.74) is 2.26. The van der Waals surface area contributed by atoms with Crippen LogP contribution in [0.1, 0.15) is 41.7 Å². The number of carbonyl (C=O) groups is 1. The number of hydrogen-bond acceptors (Lipinski definition) is 5. The Morgan fingerprint density at radius 2 is 2.23 bits per heavy atom. The molecule has 1 fully saturated rings. The molecule has 4 heterocycles. The van der Waals surface area contributed by atoms with Crippen molar-refractivity contribution >= 4 is 17.2 Å². The number of nitrogens with one attached hydrogen (secondary N) is 1. The molecule has 7 heteroatoms. The summed E-state index contributed by atoms with van der Waals surface area (Å²) in [6, 6.07) is 5.56. The highest BCUT2D eigenvalue weighted by Crippen LogP contribution is 2.41. The lowest BCUT2D eigenvalue weighted by Crippen LogP contribution is -2.51. The van der Waals surface area contributed by atoms with Crippen molar-refractivity contribution < 1.29 is 4.79 Å². The van der Waals surface area contributed by atoms with Gasteiger partial charge in [-0.2, -0.15) is 0 Å². The fourth-order valence-corrected chi connectivity index (χ4v) is 5.09. The number of thiazole rings is 1. The molecular formula is C19H24N4O2S. The average Bonchev–Trinajstić information content (AvgIpc) is 3.00. The average molecular weight is 372 g/mol. The number of piperidine rings is 1. The van der Waals surface area contributed by atoms with Crippen molar-refractivity contribution in [1.29, 1.82) is 0 Å². The van der Waals surface area contributed by atoms with E-state index in [0.29, 0.717) is 18.4 Å². The number of hydrogen-bond donors (Lipinski definition) is 1. The van der Waals surface area contributed by atoms with Gasteiger partial charge >= 0.3 is 0 Å². The number of aryl methyl sites for hydroxylation is 1. The molecule has 2 aliphatic heterocycles. The van der Waals surface area contributed by atoms with Gasteiger partial charge in [0.1, 0.15) is 0 Å². The van der Waals surface area contributed by atoms with Crippen LogP contribution in [0.25, 0.3) is 0 Å². The number of pyridine rings is 1. The molecule has 0 aromatic carbocycles. The molecule has 4 rings (SSSR count). The minimum atomic E-state index is -0.0525. The zero-order valence-corrected chi connectivity index (χ0v) is 16.0. The van der Waals surface area contributed by atoms with E-state index >= 15 is 0 Å². The molecule has 6 nitrogen and oxygen atoms in total. The van der Waals surface area contributed by atoms with Gasteiger partial charge in [-0.3, -0.25) is 14.5 Å². The summed E-state index contributed by atoms with van der Waals surface area (Å²) in [5, 5.41) is 6.15. The Morgan fingerprint density at radius 3 is 2.96 bits per heavy atom. The van der Waals surface area contributed by atoms with Gasteiger partial charge in [0.15, 0.2) is 0 Å². The monoisotopic (exact) mass is 372 g/mol. The zero-order valence-electron chi connectivity index (χ0n) is 15.1. The summed E-state index contributed by atoms with van der Waals surface area (Å²) in [7, 11) is 0. The minimum Gasteiger partial charge on any atom is -0.354 e. The molecule has 2 aromatic rings. The predicted octanol–water partition coefficient (Wildman–Crippen LogP) is 1.91. The van der Waals surface area contributed by atoms with Gasteiger partial charge in [0, 0.05) is 56.2 Å². The van der Waals surface area contributed by atoms with Crippen molar-refractivity contribution in [3.8, 4) is 0 Å². The molecule has 2 bridgehead atoms. The van der Waals surface area contributed by atoms with Crippen LogP contribution >= 0.6 is 11.3 Å². The van der Waals surface area contributed by atoms with Crippen LogP contribution in [0.4, 0.5) is 0 Å². The molecule has 138 valence electrons. The Morgan fingerprint density at radius 1 is 1.38 bits per heavy atom. The second-order valence-electron chi connectivity index (χ2n) is 7.41. The molecule has 1 amide bonds. The van der Waals surface area contributed by atoms with Gasteiger partial charge in [0.2, 0.25) is 5.91 Å². The van der Waals surface area contributed by atoms with E-state index in [2.05, 4.69) is 26.6 Å². The summed E-state index contributed by atoms with van der Waals surface area (Å²) in [4.78, 5) is 31.1. The topological polar surface area (TPSA) is 67.2 Å². The fraction of sp³-hybridized carbons (Fsp3) is 0.526. The van der Waals surface area contributed by atoms with Crippen LogP contribution < -0.4 is 10.9 Å². The van der Waals surface area contributed by atoms with Gasteiger partial charge in [0.25, 0.3) is 5.56 Å². The molecule has 0 unspecified atom stereocenters. The van der Waals surface area contributed by atoms with Crippen LogP contribution in [0.2, 0.25) is 0 Å². The van der Waals surface area contributed by atoms with E-state index in [9.17, 15) is 9.59 Å². The van der Waals surface area contributed by atoms with Crippen LogP contribution in [0.15, 0.2) is 28.4 Å². The third kappa shape index (κ3) is 3.33. The molecule has 1 N–H and O–H groups in total. The third-order valence-corrected chi connectivity index (χ3v) is 6.31. The number of amides is 1. The molecule has 26 heavy (non-hydrogen) atoms. The third-order valence-electron chi connectivity index (χ3n) is 5.49. The SMILES string of the molecule is CC(=O)NC[C@H]1[C@H]2C[C@H](CN(Cc3csc(C)n3)C2)c2cccc(=O)n21. The van der Waals surface area contributed by atoms with Crippen molar-refractivity contribution in [3.05, 3.63) is 50.3 Å². The Labute approximate surface area is 156 Å². The van der Waals surface area contributed by atoms with E-state index in [1.165, 1.54) is 6.92 Å². The lowest BCUT2D eigenvalue weighted by Gasteiger charge is -2.47. The minimum absolute atomic E-state index is 0.0128. The molecule has 0 spiro atoms. The first-order valence-corrected chi connectivity index (χ1v) is 9.98. The highest BCUT2D eigenvalue weighted by Gasteiger charge is 2.40. The Bertz CT molecular complexity index is 874.